The minimum absolute atomic E-state index is 0.122. The summed E-state index contributed by atoms with van der Waals surface area (Å²) in [4.78, 5) is 0. The summed E-state index contributed by atoms with van der Waals surface area (Å²) in [5, 5.41) is 19.9. The van der Waals surface area contributed by atoms with E-state index in [4.69, 9.17) is 13.8 Å². The predicted molar refractivity (Wildman–Crippen MR) is 134 cm³/mol. The van der Waals surface area contributed by atoms with Crippen LogP contribution in [0.5, 0.6) is 5.75 Å². The minimum Gasteiger partial charge on any atom is -0.460 e. The van der Waals surface area contributed by atoms with Crippen molar-refractivity contribution in [1.29, 1.82) is 0 Å². The van der Waals surface area contributed by atoms with Crippen molar-refractivity contribution in [3.8, 4) is 5.75 Å². The van der Waals surface area contributed by atoms with E-state index < -0.39 is 13.7 Å². The Hall–Kier alpha value is -3.09. The lowest BCUT2D eigenvalue weighted by Gasteiger charge is -2.36. The van der Waals surface area contributed by atoms with E-state index in [1.54, 1.807) is 18.2 Å². The van der Waals surface area contributed by atoms with Gasteiger partial charge in [0.1, 0.15) is 16.8 Å². The second kappa shape index (κ2) is 9.51. The smallest absolute Gasteiger partial charge is 0.365 e. The molecule has 0 aliphatic carbocycles. The van der Waals surface area contributed by atoms with Crippen LogP contribution in [0, 0.1) is 5.41 Å². The van der Waals surface area contributed by atoms with Crippen molar-refractivity contribution in [2.24, 2.45) is 15.6 Å². The van der Waals surface area contributed by atoms with E-state index in [1.807, 2.05) is 74.5 Å². The summed E-state index contributed by atoms with van der Waals surface area (Å²) in [6, 6.07) is 23.9. The first-order chi connectivity index (χ1) is 16.8. The Balaban J connectivity index is 1.50. The molecule has 2 heterocycles. The molecular formula is C27H27N2O5P. The first-order valence-corrected chi connectivity index (χ1v) is 13.0. The highest BCUT2D eigenvalue weighted by molar-refractivity contribution is 7.65. The summed E-state index contributed by atoms with van der Waals surface area (Å²) in [5.41, 5.74) is 2.36. The first kappa shape index (κ1) is 23.6. The fourth-order valence-electron chi connectivity index (χ4n) is 3.96. The molecule has 0 saturated carbocycles. The van der Waals surface area contributed by atoms with E-state index in [-0.39, 0.29) is 11.8 Å². The number of hydrogen-bond acceptors (Lipinski definition) is 7. The van der Waals surface area contributed by atoms with Crippen LogP contribution in [0.15, 0.2) is 94.9 Å². The van der Waals surface area contributed by atoms with Crippen molar-refractivity contribution >= 4 is 24.3 Å². The van der Waals surface area contributed by atoms with Gasteiger partial charge in [-0.25, -0.2) is 0 Å². The second-order valence-electron chi connectivity index (χ2n) is 9.43. The summed E-state index contributed by atoms with van der Waals surface area (Å²) in [6.45, 7) is 4.58. The lowest BCUT2D eigenvalue weighted by molar-refractivity contribution is 0.0464. The molecule has 1 atom stereocenters. The lowest BCUT2D eigenvalue weighted by Crippen LogP contribution is -2.30. The Kier molecular flexibility index (Phi) is 6.43. The molecule has 1 unspecified atom stereocenters. The molecule has 7 nitrogen and oxygen atoms in total. The third kappa shape index (κ3) is 5.14. The highest BCUT2D eigenvalue weighted by Gasteiger charge is 2.43. The Morgan fingerprint density at radius 3 is 2.23 bits per heavy atom. The maximum Gasteiger partial charge on any atom is 0.365 e. The van der Waals surface area contributed by atoms with Crippen LogP contribution in [0.4, 0.5) is 11.4 Å². The fraction of sp³-hybridized carbons (Fsp3) is 0.259. The van der Waals surface area contributed by atoms with Gasteiger partial charge in [0.05, 0.1) is 30.7 Å². The molecule has 5 rings (SSSR count). The predicted octanol–water partition coefficient (Wildman–Crippen LogP) is 7.55. The van der Waals surface area contributed by atoms with Crippen molar-refractivity contribution in [1.82, 2.24) is 0 Å². The van der Waals surface area contributed by atoms with Gasteiger partial charge >= 0.3 is 7.60 Å². The van der Waals surface area contributed by atoms with E-state index in [0.717, 1.165) is 5.69 Å². The molecule has 180 valence electrons. The molecule has 0 radical (unpaired) electrons. The Labute approximate surface area is 204 Å². The average molecular weight is 490 g/mol. The van der Waals surface area contributed by atoms with Gasteiger partial charge in [-0.3, -0.25) is 4.57 Å². The molecule has 0 amide bonds. The highest BCUT2D eigenvalue weighted by Crippen LogP contribution is 2.65. The zero-order valence-electron chi connectivity index (χ0n) is 19.6. The molecule has 0 bridgehead atoms. The normalized spacial score (nSPS) is 22.3. The number of fused-ring (bicyclic) bond motifs is 1. The summed E-state index contributed by atoms with van der Waals surface area (Å²) >= 11 is 0. The van der Waals surface area contributed by atoms with Gasteiger partial charge in [0.25, 0.3) is 0 Å². The van der Waals surface area contributed by atoms with Gasteiger partial charge in [0, 0.05) is 17.4 Å². The van der Waals surface area contributed by atoms with Crippen LogP contribution in [-0.2, 0) is 13.6 Å². The van der Waals surface area contributed by atoms with Crippen molar-refractivity contribution in [3.63, 3.8) is 0 Å². The van der Waals surface area contributed by atoms with Crippen LogP contribution in [0.25, 0.3) is 5.31 Å². The van der Waals surface area contributed by atoms with E-state index in [9.17, 15) is 9.67 Å². The maximum atomic E-state index is 13.9. The molecule has 1 N–H and O–H groups in total. The van der Waals surface area contributed by atoms with Crippen molar-refractivity contribution in [3.05, 3.63) is 95.7 Å². The second-order valence-corrected chi connectivity index (χ2v) is 11.4. The number of nitrogens with zero attached hydrogens (tertiary/aromatic N) is 2. The first-order valence-electron chi connectivity index (χ1n) is 11.5. The van der Waals surface area contributed by atoms with Gasteiger partial charge < -0.3 is 18.9 Å². The SMILES string of the molecule is CC1(C)COP(=O)(/C(=C2\CC(O)c3cc(N=Nc4ccccc4)ccc3O2)c2ccccc2)OC1. The van der Waals surface area contributed by atoms with Crippen LogP contribution in [0.1, 0.15) is 37.5 Å². The van der Waals surface area contributed by atoms with Crippen LogP contribution >= 0.6 is 7.60 Å². The number of benzene rings is 3. The van der Waals surface area contributed by atoms with Crippen LogP contribution in [-0.4, -0.2) is 18.3 Å². The number of azo groups is 1. The molecule has 2 aliphatic heterocycles. The maximum absolute atomic E-state index is 13.9. The molecule has 0 spiro atoms. The molecule has 0 aromatic heterocycles. The Morgan fingerprint density at radius 2 is 1.54 bits per heavy atom. The average Bonchev–Trinajstić information content (AvgIpc) is 2.86. The van der Waals surface area contributed by atoms with Gasteiger partial charge in [-0.2, -0.15) is 10.2 Å². The molecule has 1 fully saturated rings. The van der Waals surface area contributed by atoms with Gasteiger partial charge in [0.15, 0.2) is 0 Å². The Morgan fingerprint density at radius 1 is 0.914 bits per heavy atom. The van der Waals surface area contributed by atoms with Gasteiger partial charge in [-0.05, 0) is 35.9 Å². The summed E-state index contributed by atoms with van der Waals surface area (Å²) in [6.07, 6.45) is -0.761. The van der Waals surface area contributed by atoms with E-state index in [1.165, 1.54) is 0 Å². The molecule has 1 saturated heterocycles. The van der Waals surface area contributed by atoms with Crippen LogP contribution < -0.4 is 4.74 Å². The highest BCUT2D eigenvalue weighted by atomic mass is 31.2. The number of aliphatic hydroxyl groups is 1. The molecule has 8 heteroatoms. The largest absolute Gasteiger partial charge is 0.460 e. The molecular weight excluding hydrogens is 463 g/mol. The zero-order chi connectivity index (χ0) is 24.5. The van der Waals surface area contributed by atoms with E-state index >= 15 is 0 Å². The topological polar surface area (TPSA) is 89.7 Å². The third-order valence-electron chi connectivity index (χ3n) is 5.84. The summed E-state index contributed by atoms with van der Waals surface area (Å²) < 4.78 is 31.9. The van der Waals surface area contributed by atoms with Gasteiger partial charge in [-0.15, -0.1) is 0 Å². The zero-order valence-corrected chi connectivity index (χ0v) is 20.5. The number of hydrogen-bond donors (Lipinski definition) is 1. The van der Waals surface area contributed by atoms with Crippen molar-refractivity contribution in [2.75, 3.05) is 13.2 Å². The molecule has 2 aliphatic rings. The summed E-state index contributed by atoms with van der Waals surface area (Å²) in [5.74, 6) is 0.840. The van der Waals surface area contributed by atoms with Crippen molar-refractivity contribution in [2.45, 2.75) is 26.4 Å². The molecule has 35 heavy (non-hydrogen) atoms. The molecule has 3 aromatic rings. The minimum atomic E-state index is -3.68. The number of ether oxygens (including phenoxy) is 1. The van der Waals surface area contributed by atoms with Crippen molar-refractivity contribution < 1.29 is 23.5 Å². The lowest BCUT2D eigenvalue weighted by atomic mass is 9.97. The van der Waals surface area contributed by atoms with E-state index in [2.05, 4.69) is 10.2 Å². The summed E-state index contributed by atoms with van der Waals surface area (Å²) in [7, 11) is -3.68. The Bertz CT molecular complexity index is 1310. The third-order valence-corrected chi connectivity index (χ3v) is 7.83. The number of rotatable bonds is 4. The van der Waals surface area contributed by atoms with Crippen LogP contribution in [0.2, 0.25) is 0 Å². The van der Waals surface area contributed by atoms with Crippen LogP contribution in [0.3, 0.4) is 0 Å². The molecule has 3 aromatic carbocycles. The number of aliphatic hydroxyl groups excluding tert-OH is 1. The van der Waals surface area contributed by atoms with E-state index in [0.29, 0.717) is 46.9 Å². The van der Waals surface area contributed by atoms with Gasteiger partial charge in [0.2, 0.25) is 0 Å². The standard InChI is InChI=1S/C27H27N2O5P/c1-27(2)17-32-35(31,33-18-27)26(19-9-5-3-6-10-19)25-16-23(30)22-15-21(13-14-24(22)34-25)29-28-20-11-7-4-8-12-20/h3-15,23,30H,16-18H2,1-2H3/b26-25+,29-28?. The quantitative estimate of drug-likeness (QED) is 0.301. The van der Waals surface area contributed by atoms with Gasteiger partial charge in [-0.1, -0.05) is 62.4 Å². The fourth-order valence-corrected chi connectivity index (χ4v) is 6.24. The monoisotopic (exact) mass is 490 g/mol.